The quantitative estimate of drug-likeness (QED) is 0.695. The van der Waals surface area contributed by atoms with Crippen molar-refractivity contribution in [3.63, 3.8) is 0 Å². The van der Waals surface area contributed by atoms with Gasteiger partial charge in [-0.15, -0.1) is 0 Å². The molecule has 26 heavy (non-hydrogen) atoms. The fourth-order valence-corrected chi connectivity index (χ4v) is 2.91. The zero-order chi connectivity index (χ0) is 18.4. The van der Waals surface area contributed by atoms with Gasteiger partial charge in [-0.1, -0.05) is 56.3 Å². The van der Waals surface area contributed by atoms with E-state index in [4.69, 9.17) is 0 Å². The maximum Gasteiger partial charge on any atom is 0.319 e. The van der Waals surface area contributed by atoms with Crippen LogP contribution in [0.15, 0.2) is 67.0 Å². The summed E-state index contributed by atoms with van der Waals surface area (Å²) in [7, 11) is 0. The van der Waals surface area contributed by atoms with E-state index in [1.165, 1.54) is 0 Å². The van der Waals surface area contributed by atoms with Crippen LogP contribution in [0.4, 0.5) is 10.5 Å². The maximum absolute atomic E-state index is 12.3. The SMILES string of the molecule is CC(C)c1ccccc1NC(=O)NCc1ccccc1Cn1cccn1. The third-order valence-electron chi connectivity index (χ3n) is 4.28. The number of carbonyl (C=O) groups excluding carboxylic acids is 1. The van der Waals surface area contributed by atoms with Crippen LogP contribution in [0.25, 0.3) is 0 Å². The molecule has 0 saturated heterocycles. The van der Waals surface area contributed by atoms with E-state index in [0.29, 0.717) is 19.0 Å². The predicted octanol–water partition coefficient (Wildman–Crippen LogP) is 4.38. The molecule has 1 heterocycles. The standard InChI is InChI=1S/C21H24N4O/c1-16(2)19-10-5-6-11-20(19)24-21(26)22-14-17-8-3-4-9-18(17)15-25-13-7-12-23-25/h3-13,16H,14-15H2,1-2H3,(H2,22,24,26). The van der Waals surface area contributed by atoms with E-state index in [0.717, 1.165) is 22.4 Å². The van der Waals surface area contributed by atoms with Crippen molar-refractivity contribution in [1.29, 1.82) is 0 Å². The highest BCUT2D eigenvalue weighted by Gasteiger charge is 2.10. The molecule has 0 bridgehead atoms. The average Bonchev–Trinajstić information content (AvgIpc) is 3.14. The molecule has 1 aromatic heterocycles. The molecule has 0 aliphatic heterocycles. The molecule has 3 aromatic rings. The van der Waals surface area contributed by atoms with Gasteiger partial charge in [0.2, 0.25) is 0 Å². The van der Waals surface area contributed by atoms with Crippen LogP contribution in [0.3, 0.4) is 0 Å². The van der Waals surface area contributed by atoms with Gasteiger partial charge in [0, 0.05) is 24.6 Å². The van der Waals surface area contributed by atoms with E-state index < -0.39 is 0 Å². The van der Waals surface area contributed by atoms with Crippen LogP contribution >= 0.6 is 0 Å². The van der Waals surface area contributed by atoms with Crippen LogP contribution in [-0.4, -0.2) is 15.8 Å². The first-order valence-electron chi connectivity index (χ1n) is 8.81. The Hall–Kier alpha value is -3.08. The summed E-state index contributed by atoms with van der Waals surface area (Å²) in [6.45, 7) is 5.38. The van der Waals surface area contributed by atoms with Crippen molar-refractivity contribution >= 4 is 11.7 Å². The Morgan fingerprint density at radius 3 is 2.50 bits per heavy atom. The predicted molar refractivity (Wildman–Crippen MR) is 104 cm³/mol. The van der Waals surface area contributed by atoms with Crippen LogP contribution < -0.4 is 10.6 Å². The van der Waals surface area contributed by atoms with E-state index in [-0.39, 0.29) is 6.03 Å². The van der Waals surface area contributed by atoms with E-state index >= 15 is 0 Å². The highest BCUT2D eigenvalue weighted by molar-refractivity contribution is 5.90. The van der Waals surface area contributed by atoms with Gasteiger partial charge in [-0.2, -0.15) is 5.10 Å². The second-order valence-electron chi connectivity index (χ2n) is 6.52. The lowest BCUT2D eigenvalue weighted by Gasteiger charge is -2.15. The van der Waals surface area contributed by atoms with E-state index in [1.54, 1.807) is 6.20 Å². The molecule has 0 saturated carbocycles. The van der Waals surface area contributed by atoms with Crippen LogP contribution in [0.5, 0.6) is 0 Å². The first-order valence-corrected chi connectivity index (χ1v) is 8.81. The Morgan fingerprint density at radius 1 is 1.04 bits per heavy atom. The molecular formula is C21H24N4O. The largest absolute Gasteiger partial charge is 0.334 e. The molecule has 0 fully saturated rings. The molecule has 5 heteroatoms. The molecule has 134 valence electrons. The summed E-state index contributed by atoms with van der Waals surface area (Å²) in [5, 5.41) is 10.2. The van der Waals surface area contributed by atoms with Crippen molar-refractivity contribution in [3.05, 3.63) is 83.7 Å². The van der Waals surface area contributed by atoms with Crippen LogP contribution in [-0.2, 0) is 13.1 Å². The molecule has 2 N–H and O–H groups in total. The highest BCUT2D eigenvalue weighted by Crippen LogP contribution is 2.23. The zero-order valence-corrected chi connectivity index (χ0v) is 15.1. The number of benzene rings is 2. The molecule has 5 nitrogen and oxygen atoms in total. The first kappa shape index (κ1) is 17.7. The van der Waals surface area contributed by atoms with E-state index in [2.05, 4.69) is 35.6 Å². The third kappa shape index (κ3) is 4.51. The lowest BCUT2D eigenvalue weighted by molar-refractivity contribution is 0.251. The van der Waals surface area contributed by atoms with Gasteiger partial charge < -0.3 is 10.6 Å². The second kappa shape index (κ2) is 8.34. The fourth-order valence-electron chi connectivity index (χ4n) is 2.91. The van der Waals surface area contributed by atoms with Crippen molar-refractivity contribution in [2.24, 2.45) is 0 Å². The first-order chi connectivity index (χ1) is 12.6. The normalized spacial score (nSPS) is 10.7. The third-order valence-corrected chi connectivity index (χ3v) is 4.28. The lowest BCUT2D eigenvalue weighted by atomic mass is 10.0. The molecule has 0 aliphatic rings. The van der Waals surface area contributed by atoms with Gasteiger partial charge in [0.25, 0.3) is 0 Å². The van der Waals surface area contributed by atoms with Gasteiger partial charge in [-0.05, 0) is 34.7 Å². The number of anilines is 1. The molecule has 3 rings (SSSR count). The van der Waals surface area contributed by atoms with Crippen LogP contribution in [0, 0.1) is 0 Å². The van der Waals surface area contributed by atoms with Crippen LogP contribution in [0.1, 0.15) is 36.5 Å². The van der Waals surface area contributed by atoms with Gasteiger partial charge in [0.05, 0.1) is 6.54 Å². The van der Waals surface area contributed by atoms with Gasteiger partial charge >= 0.3 is 6.03 Å². The van der Waals surface area contributed by atoms with Gasteiger partial charge in [-0.25, -0.2) is 4.79 Å². The smallest absolute Gasteiger partial charge is 0.319 e. The Morgan fingerprint density at radius 2 is 1.77 bits per heavy atom. The molecule has 2 amide bonds. The Balaban J connectivity index is 1.64. The number of carbonyl (C=O) groups is 1. The summed E-state index contributed by atoms with van der Waals surface area (Å²) in [6, 6.07) is 17.7. The van der Waals surface area contributed by atoms with Crippen molar-refractivity contribution in [1.82, 2.24) is 15.1 Å². The zero-order valence-electron chi connectivity index (χ0n) is 15.1. The Bertz CT molecular complexity index is 856. The summed E-state index contributed by atoms with van der Waals surface area (Å²) in [4.78, 5) is 12.3. The van der Waals surface area contributed by atoms with Crippen LogP contribution in [0.2, 0.25) is 0 Å². The number of para-hydroxylation sites is 1. The minimum absolute atomic E-state index is 0.202. The average molecular weight is 348 g/mol. The Labute approximate surface area is 154 Å². The van der Waals surface area contributed by atoms with Crippen molar-refractivity contribution in [2.75, 3.05) is 5.32 Å². The number of amides is 2. The van der Waals surface area contributed by atoms with E-state index in [9.17, 15) is 4.79 Å². The lowest BCUT2D eigenvalue weighted by Crippen LogP contribution is -2.29. The molecule has 0 unspecified atom stereocenters. The van der Waals surface area contributed by atoms with Crippen molar-refractivity contribution in [3.8, 4) is 0 Å². The molecule has 2 aromatic carbocycles. The number of hydrogen-bond donors (Lipinski definition) is 2. The summed E-state index contributed by atoms with van der Waals surface area (Å²) >= 11 is 0. The number of rotatable bonds is 6. The highest BCUT2D eigenvalue weighted by atomic mass is 16.2. The van der Waals surface area contributed by atoms with Gasteiger partial charge in [0.1, 0.15) is 0 Å². The summed E-state index contributed by atoms with van der Waals surface area (Å²) < 4.78 is 1.87. The molecular weight excluding hydrogens is 324 g/mol. The minimum atomic E-state index is -0.202. The maximum atomic E-state index is 12.3. The number of nitrogens with one attached hydrogen (secondary N) is 2. The number of hydrogen-bond acceptors (Lipinski definition) is 2. The van der Waals surface area contributed by atoms with Gasteiger partial charge in [-0.3, -0.25) is 4.68 Å². The second-order valence-corrected chi connectivity index (χ2v) is 6.52. The molecule has 0 spiro atoms. The molecule has 0 aliphatic carbocycles. The fraction of sp³-hybridized carbons (Fsp3) is 0.238. The topological polar surface area (TPSA) is 59.0 Å². The van der Waals surface area contributed by atoms with Crippen molar-refractivity contribution in [2.45, 2.75) is 32.9 Å². The monoisotopic (exact) mass is 348 g/mol. The number of aromatic nitrogens is 2. The number of nitrogens with zero attached hydrogens (tertiary/aromatic N) is 2. The molecule has 0 atom stereocenters. The van der Waals surface area contributed by atoms with Crippen molar-refractivity contribution < 1.29 is 4.79 Å². The van der Waals surface area contributed by atoms with Gasteiger partial charge in [0.15, 0.2) is 0 Å². The van der Waals surface area contributed by atoms with E-state index in [1.807, 2.05) is 59.4 Å². The Kier molecular flexibility index (Phi) is 5.69. The summed E-state index contributed by atoms with van der Waals surface area (Å²) in [5.74, 6) is 0.348. The minimum Gasteiger partial charge on any atom is -0.334 e. The summed E-state index contributed by atoms with van der Waals surface area (Å²) in [6.07, 6.45) is 3.69. The number of urea groups is 1. The summed E-state index contributed by atoms with van der Waals surface area (Å²) in [5.41, 5.74) is 4.20. The molecule has 0 radical (unpaired) electrons.